The number of benzene rings is 2. The molecule has 2 N–H and O–H groups in total. The average Bonchev–Trinajstić information content (AvgIpc) is 2.76. The van der Waals surface area contributed by atoms with Crippen molar-refractivity contribution in [1.29, 1.82) is 0 Å². The Hall–Kier alpha value is -1.78. The van der Waals surface area contributed by atoms with E-state index in [2.05, 4.69) is 6.07 Å². The third-order valence-corrected chi connectivity index (χ3v) is 5.14. The van der Waals surface area contributed by atoms with Gasteiger partial charge in [-0.2, -0.15) is 0 Å². The summed E-state index contributed by atoms with van der Waals surface area (Å²) in [6, 6.07) is 13.9. The lowest BCUT2D eigenvalue weighted by Gasteiger charge is -2.23. The van der Waals surface area contributed by atoms with Crippen LogP contribution in [0.1, 0.15) is 27.9 Å². The van der Waals surface area contributed by atoms with Crippen LogP contribution in [0.25, 0.3) is 0 Å². The van der Waals surface area contributed by atoms with E-state index in [0.29, 0.717) is 6.54 Å². The molecule has 3 rings (SSSR count). The minimum Gasteiger partial charge on any atom is -0.326 e. The third kappa shape index (κ3) is 2.89. The summed E-state index contributed by atoms with van der Waals surface area (Å²) in [5.74, 6) is 1.12. The SMILES string of the molecule is Cc1cc(C(=O)N2CCCSc3ccccc32)ccc1CN. The molecule has 0 saturated heterocycles. The first-order chi connectivity index (χ1) is 10.7. The van der Waals surface area contributed by atoms with E-state index in [4.69, 9.17) is 5.73 Å². The second-order valence-electron chi connectivity index (χ2n) is 5.47. The van der Waals surface area contributed by atoms with Crippen molar-refractivity contribution < 1.29 is 4.79 Å². The molecular weight excluding hydrogens is 292 g/mol. The number of aryl methyl sites for hydroxylation is 1. The number of fused-ring (bicyclic) bond motifs is 1. The van der Waals surface area contributed by atoms with Crippen LogP contribution >= 0.6 is 11.8 Å². The van der Waals surface area contributed by atoms with Gasteiger partial charge in [0, 0.05) is 23.5 Å². The number of para-hydroxylation sites is 1. The standard InChI is InChI=1S/C18H20N2OS/c1-13-11-14(7-8-15(13)12-19)18(21)20-9-4-10-22-17-6-3-2-5-16(17)20/h2-3,5-8,11H,4,9-10,12,19H2,1H3. The number of hydrogen-bond donors (Lipinski definition) is 1. The van der Waals surface area contributed by atoms with Gasteiger partial charge in [0.1, 0.15) is 0 Å². The van der Waals surface area contributed by atoms with Crippen LogP contribution in [0.5, 0.6) is 0 Å². The minimum atomic E-state index is 0.0709. The Balaban J connectivity index is 1.96. The lowest BCUT2D eigenvalue weighted by atomic mass is 10.0. The zero-order chi connectivity index (χ0) is 15.5. The van der Waals surface area contributed by atoms with Gasteiger partial charge in [0.15, 0.2) is 0 Å². The highest BCUT2D eigenvalue weighted by Gasteiger charge is 2.22. The summed E-state index contributed by atoms with van der Waals surface area (Å²) in [7, 11) is 0. The third-order valence-electron chi connectivity index (χ3n) is 3.99. The summed E-state index contributed by atoms with van der Waals surface area (Å²) in [5, 5.41) is 0. The van der Waals surface area contributed by atoms with Crippen LogP contribution in [-0.2, 0) is 6.54 Å². The molecule has 3 nitrogen and oxygen atoms in total. The second-order valence-corrected chi connectivity index (χ2v) is 6.61. The molecule has 1 aliphatic rings. The highest BCUT2D eigenvalue weighted by Crippen LogP contribution is 2.34. The molecule has 1 heterocycles. The predicted octanol–water partition coefficient (Wildman–Crippen LogP) is 3.60. The number of hydrogen-bond acceptors (Lipinski definition) is 3. The van der Waals surface area contributed by atoms with E-state index in [0.717, 1.165) is 41.1 Å². The van der Waals surface area contributed by atoms with Gasteiger partial charge < -0.3 is 10.6 Å². The van der Waals surface area contributed by atoms with Crippen LogP contribution in [0.4, 0.5) is 5.69 Å². The number of thioether (sulfide) groups is 1. The molecule has 0 bridgehead atoms. The van der Waals surface area contributed by atoms with Crippen molar-refractivity contribution >= 4 is 23.4 Å². The van der Waals surface area contributed by atoms with Crippen molar-refractivity contribution in [3.8, 4) is 0 Å². The first kappa shape index (κ1) is 15.1. The summed E-state index contributed by atoms with van der Waals surface area (Å²) in [6.07, 6.45) is 1.00. The Labute approximate surface area is 135 Å². The van der Waals surface area contributed by atoms with Crippen molar-refractivity contribution in [2.24, 2.45) is 5.73 Å². The molecule has 0 saturated carbocycles. The van der Waals surface area contributed by atoms with Gasteiger partial charge in [0.2, 0.25) is 0 Å². The van der Waals surface area contributed by atoms with E-state index in [1.807, 2.05) is 60.0 Å². The van der Waals surface area contributed by atoms with E-state index in [-0.39, 0.29) is 5.91 Å². The summed E-state index contributed by atoms with van der Waals surface area (Å²) < 4.78 is 0. The zero-order valence-electron chi connectivity index (χ0n) is 12.7. The Kier molecular flexibility index (Phi) is 4.50. The highest BCUT2D eigenvalue weighted by atomic mass is 32.2. The quantitative estimate of drug-likeness (QED) is 0.921. The summed E-state index contributed by atoms with van der Waals surface area (Å²) in [5.41, 5.74) is 9.62. The lowest BCUT2D eigenvalue weighted by Crippen LogP contribution is -2.31. The summed E-state index contributed by atoms with van der Waals surface area (Å²) in [6.45, 7) is 3.27. The fourth-order valence-electron chi connectivity index (χ4n) is 2.75. The van der Waals surface area contributed by atoms with E-state index in [1.165, 1.54) is 4.90 Å². The molecule has 114 valence electrons. The van der Waals surface area contributed by atoms with Crippen molar-refractivity contribution in [3.05, 3.63) is 59.2 Å². The fourth-order valence-corrected chi connectivity index (χ4v) is 3.75. The normalized spacial score (nSPS) is 14.4. The number of nitrogens with two attached hydrogens (primary N) is 1. The lowest BCUT2D eigenvalue weighted by molar-refractivity contribution is 0.0986. The summed E-state index contributed by atoms with van der Waals surface area (Å²) in [4.78, 5) is 16.0. The second kappa shape index (κ2) is 6.55. The van der Waals surface area contributed by atoms with E-state index < -0.39 is 0 Å². The Morgan fingerprint density at radius 3 is 2.86 bits per heavy atom. The smallest absolute Gasteiger partial charge is 0.258 e. The topological polar surface area (TPSA) is 46.3 Å². The number of carbonyl (C=O) groups excluding carboxylic acids is 1. The molecule has 22 heavy (non-hydrogen) atoms. The van der Waals surface area contributed by atoms with Gasteiger partial charge in [-0.1, -0.05) is 18.2 Å². The zero-order valence-corrected chi connectivity index (χ0v) is 13.5. The van der Waals surface area contributed by atoms with Gasteiger partial charge in [0.25, 0.3) is 5.91 Å². The molecular formula is C18H20N2OS. The van der Waals surface area contributed by atoms with Gasteiger partial charge in [-0.25, -0.2) is 0 Å². The highest BCUT2D eigenvalue weighted by molar-refractivity contribution is 7.99. The van der Waals surface area contributed by atoms with Gasteiger partial charge in [-0.05, 0) is 54.5 Å². The first-order valence-electron chi connectivity index (χ1n) is 7.54. The van der Waals surface area contributed by atoms with Crippen molar-refractivity contribution in [2.75, 3.05) is 17.2 Å². The molecule has 0 aromatic heterocycles. The summed E-state index contributed by atoms with van der Waals surface area (Å²) >= 11 is 1.82. The molecule has 0 radical (unpaired) electrons. The van der Waals surface area contributed by atoms with E-state index in [9.17, 15) is 4.79 Å². The van der Waals surface area contributed by atoms with Gasteiger partial charge in [-0.3, -0.25) is 4.79 Å². The number of anilines is 1. The van der Waals surface area contributed by atoms with Crippen molar-refractivity contribution in [2.45, 2.75) is 24.8 Å². The monoisotopic (exact) mass is 312 g/mol. The molecule has 0 unspecified atom stereocenters. The van der Waals surface area contributed by atoms with Crippen LogP contribution in [0, 0.1) is 6.92 Å². The molecule has 0 spiro atoms. The molecule has 0 fully saturated rings. The maximum Gasteiger partial charge on any atom is 0.258 e. The Morgan fingerprint density at radius 2 is 2.09 bits per heavy atom. The molecule has 4 heteroatoms. The van der Waals surface area contributed by atoms with Crippen LogP contribution in [0.2, 0.25) is 0 Å². The number of carbonyl (C=O) groups is 1. The van der Waals surface area contributed by atoms with Crippen LogP contribution < -0.4 is 10.6 Å². The first-order valence-corrected chi connectivity index (χ1v) is 8.52. The van der Waals surface area contributed by atoms with E-state index in [1.54, 1.807) is 0 Å². The average molecular weight is 312 g/mol. The number of amides is 1. The van der Waals surface area contributed by atoms with Crippen molar-refractivity contribution in [1.82, 2.24) is 0 Å². The Morgan fingerprint density at radius 1 is 1.27 bits per heavy atom. The molecule has 2 aromatic rings. The van der Waals surface area contributed by atoms with Crippen LogP contribution in [0.3, 0.4) is 0 Å². The molecule has 0 atom stereocenters. The van der Waals surface area contributed by atoms with Crippen LogP contribution in [-0.4, -0.2) is 18.2 Å². The number of rotatable bonds is 2. The van der Waals surface area contributed by atoms with E-state index >= 15 is 0 Å². The van der Waals surface area contributed by atoms with Crippen LogP contribution in [0.15, 0.2) is 47.4 Å². The van der Waals surface area contributed by atoms with Crippen molar-refractivity contribution in [3.63, 3.8) is 0 Å². The van der Waals surface area contributed by atoms with Gasteiger partial charge >= 0.3 is 0 Å². The maximum absolute atomic E-state index is 13.0. The van der Waals surface area contributed by atoms with Gasteiger partial charge in [-0.15, -0.1) is 11.8 Å². The minimum absolute atomic E-state index is 0.0709. The largest absolute Gasteiger partial charge is 0.326 e. The maximum atomic E-state index is 13.0. The predicted molar refractivity (Wildman–Crippen MR) is 92.5 cm³/mol. The molecule has 1 amide bonds. The molecule has 2 aromatic carbocycles. The molecule has 1 aliphatic heterocycles. The number of nitrogens with zero attached hydrogens (tertiary/aromatic N) is 1. The molecule has 0 aliphatic carbocycles. The Bertz CT molecular complexity index is 699. The fraction of sp³-hybridized carbons (Fsp3) is 0.278. The van der Waals surface area contributed by atoms with Gasteiger partial charge in [0.05, 0.1) is 5.69 Å².